The summed E-state index contributed by atoms with van der Waals surface area (Å²) in [6.45, 7) is 0.563. The van der Waals surface area contributed by atoms with Crippen molar-refractivity contribution in [2.45, 2.75) is 12.5 Å². The SMILES string of the molecule is O=C1[C@@H]2C=C[C@@H](C2)N1CCO. The van der Waals surface area contributed by atoms with Gasteiger partial charge in [-0.3, -0.25) is 4.79 Å². The maximum absolute atomic E-state index is 11.3. The van der Waals surface area contributed by atoms with Crippen molar-refractivity contribution >= 4 is 5.91 Å². The lowest BCUT2D eigenvalue weighted by atomic mass is 10.1. The van der Waals surface area contributed by atoms with E-state index < -0.39 is 0 Å². The molecule has 1 aliphatic carbocycles. The topological polar surface area (TPSA) is 40.5 Å². The maximum atomic E-state index is 11.3. The number of β-amino-alcohol motifs (C(OH)–C–C–N with tert-alkyl or cyclic N) is 1. The van der Waals surface area contributed by atoms with E-state index in [1.165, 1.54) is 0 Å². The van der Waals surface area contributed by atoms with Crippen molar-refractivity contribution in [2.24, 2.45) is 5.92 Å². The van der Waals surface area contributed by atoms with Crippen LogP contribution in [0.2, 0.25) is 0 Å². The first-order valence-corrected chi connectivity index (χ1v) is 3.92. The third-order valence-electron chi connectivity index (χ3n) is 2.40. The number of nitrogens with zero attached hydrogens (tertiary/aromatic N) is 1. The van der Waals surface area contributed by atoms with Crippen LogP contribution in [-0.2, 0) is 4.79 Å². The Bertz CT molecular complexity index is 212. The van der Waals surface area contributed by atoms with Crippen LogP contribution in [0, 0.1) is 5.92 Å². The number of amides is 1. The van der Waals surface area contributed by atoms with E-state index in [1.54, 1.807) is 4.90 Å². The average molecular weight is 153 g/mol. The molecule has 1 fully saturated rings. The number of rotatable bonds is 2. The third-order valence-corrected chi connectivity index (χ3v) is 2.40. The minimum Gasteiger partial charge on any atom is -0.395 e. The van der Waals surface area contributed by atoms with E-state index in [9.17, 15) is 4.79 Å². The average Bonchev–Trinajstić information content (AvgIpc) is 2.54. The van der Waals surface area contributed by atoms with Crippen molar-refractivity contribution in [1.82, 2.24) is 4.90 Å². The van der Waals surface area contributed by atoms with Gasteiger partial charge in [-0.1, -0.05) is 12.2 Å². The summed E-state index contributed by atoms with van der Waals surface area (Å²) < 4.78 is 0. The summed E-state index contributed by atoms with van der Waals surface area (Å²) in [6.07, 6.45) is 4.96. The third kappa shape index (κ3) is 0.878. The molecular weight excluding hydrogens is 142 g/mol. The Labute approximate surface area is 65.3 Å². The molecular formula is C8H11NO2. The summed E-state index contributed by atoms with van der Waals surface area (Å²) in [4.78, 5) is 13.1. The van der Waals surface area contributed by atoms with Crippen LogP contribution in [0.3, 0.4) is 0 Å². The predicted octanol–water partition coefficient (Wildman–Crippen LogP) is -0.234. The second-order valence-corrected chi connectivity index (χ2v) is 3.05. The molecule has 0 unspecified atom stereocenters. The van der Waals surface area contributed by atoms with Crippen molar-refractivity contribution < 1.29 is 9.90 Å². The molecule has 3 nitrogen and oxygen atoms in total. The number of aliphatic hydroxyl groups excluding tert-OH is 1. The van der Waals surface area contributed by atoms with Crippen molar-refractivity contribution in [1.29, 1.82) is 0 Å². The van der Waals surface area contributed by atoms with E-state index in [0.717, 1.165) is 6.42 Å². The Balaban J connectivity index is 2.12. The van der Waals surface area contributed by atoms with E-state index in [-0.39, 0.29) is 24.5 Å². The fourth-order valence-corrected chi connectivity index (χ4v) is 1.85. The molecule has 0 aromatic heterocycles. The highest BCUT2D eigenvalue weighted by molar-refractivity contribution is 5.85. The van der Waals surface area contributed by atoms with Crippen LogP contribution < -0.4 is 0 Å². The van der Waals surface area contributed by atoms with Crippen LogP contribution in [0.5, 0.6) is 0 Å². The lowest BCUT2D eigenvalue weighted by Crippen LogP contribution is -2.36. The predicted molar refractivity (Wildman–Crippen MR) is 39.8 cm³/mol. The van der Waals surface area contributed by atoms with Gasteiger partial charge in [0.2, 0.25) is 5.91 Å². The minimum absolute atomic E-state index is 0.0722. The second kappa shape index (κ2) is 2.34. The first-order chi connectivity index (χ1) is 5.33. The molecule has 0 spiro atoms. The van der Waals surface area contributed by atoms with Crippen LogP contribution in [0.15, 0.2) is 12.2 Å². The number of likely N-dealkylation sites (tertiary alicyclic amines) is 1. The van der Waals surface area contributed by atoms with Crippen LogP contribution in [0.4, 0.5) is 0 Å². The summed E-state index contributed by atoms with van der Waals surface area (Å²) in [6, 6.07) is 0.277. The number of carbonyl (C=O) groups is 1. The number of hydrogen-bond acceptors (Lipinski definition) is 2. The summed E-state index contributed by atoms with van der Waals surface area (Å²) in [7, 11) is 0. The molecule has 2 rings (SSSR count). The summed E-state index contributed by atoms with van der Waals surface area (Å²) >= 11 is 0. The fraction of sp³-hybridized carbons (Fsp3) is 0.625. The highest BCUT2D eigenvalue weighted by atomic mass is 16.3. The Hall–Kier alpha value is -0.830. The molecule has 60 valence electrons. The van der Waals surface area contributed by atoms with Crippen molar-refractivity contribution in [2.75, 3.05) is 13.2 Å². The van der Waals surface area contributed by atoms with Gasteiger partial charge in [-0.05, 0) is 6.42 Å². The zero-order valence-corrected chi connectivity index (χ0v) is 6.23. The standard InChI is InChI=1S/C8H11NO2/c10-4-3-9-7-2-1-6(5-7)8(9)11/h1-2,6-7,10H,3-5H2/t6-,7+/m1/s1. The molecule has 1 N–H and O–H groups in total. The normalized spacial score (nSPS) is 33.9. The molecule has 1 amide bonds. The smallest absolute Gasteiger partial charge is 0.230 e. The van der Waals surface area contributed by atoms with E-state index in [1.807, 2.05) is 6.08 Å². The maximum Gasteiger partial charge on any atom is 0.230 e. The Kier molecular flexibility index (Phi) is 1.46. The van der Waals surface area contributed by atoms with Crippen LogP contribution >= 0.6 is 0 Å². The Morgan fingerprint density at radius 2 is 2.45 bits per heavy atom. The molecule has 0 aromatic rings. The molecule has 0 radical (unpaired) electrons. The van der Waals surface area contributed by atoms with E-state index in [4.69, 9.17) is 5.11 Å². The summed E-state index contributed by atoms with van der Waals surface area (Å²) in [5.41, 5.74) is 0. The largest absolute Gasteiger partial charge is 0.395 e. The highest BCUT2D eigenvalue weighted by Gasteiger charge is 2.40. The van der Waals surface area contributed by atoms with Gasteiger partial charge >= 0.3 is 0 Å². The van der Waals surface area contributed by atoms with Crippen molar-refractivity contribution in [3.63, 3.8) is 0 Å². The molecule has 0 saturated carbocycles. The number of hydrogen-bond donors (Lipinski definition) is 1. The van der Waals surface area contributed by atoms with E-state index >= 15 is 0 Å². The van der Waals surface area contributed by atoms with Crippen molar-refractivity contribution in [3.05, 3.63) is 12.2 Å². The zero-order chi connectivity index (χ0) is 7.84. The molecule has 1 saturated heterocycles. The first-order valence-electron chi connectivity index (χ1n) is 3.92. The van der Waals surface area contributed by atoms with Crippen LogP contribution in [0.25, 0.3) is 0 Å². The molecule has 2 bridgehead atoms. The van der Waals surface area contributed by atoms with Crippen LogP contribution in [-0.4, -0.2) is 35.1 Å². The molecule has 0 aromatic carbocycles. The van der Waals surface area contributed by atoms with Gasteiger partial charge in [0.1, 0.15) is 0 Å². The van der Waals surface area contributed by atoms with Gasteiger partial charge in [0.05, 0.1) is 18.6 Å². The van der Waals surface area contributed by atoms with E-state index in [0.29, 0.717) is 6.54 Å². The van der Waals surface area contributed by atoms with Gasteiger partial charge in [0.25, 0.3) is 0 Å². The Morgan fingerprint density at radius 3 is 3.00 bits per heavy atom. The molecule has 1 aliphatic heterocycles. The highest BCUT2D eigenvalue weighted by Crippen LogP contribution is 2.32. The first kappa shape index (κ1) is 6.85. The lowest BCUT2D eigenvalue weighted by Gasteiger charge is -2.22. The van der Waals surface area contributed by atoms with Gasteiger partial charge in [-0.2, -0.15) is 0 Å². The number of carbonyl (C=O) groups excluding carboxylic acids is 1. The van der Waals surface area contributed by atoms with E-state index in [2.05, 4.69) is 6.08 Å². The molecule has 2 aliphatic rings. The lowest BCUT2D eigenvalue weighted by molar-refractivity contribution is -0.131. The number of aliphatic hydroxyl groups is 1. The Morgan fingerprint density at radius 1 is 1.64 bits per heavy atom. The van der Waals surface area contributed by atoms with Gasteiger partial charge in [-0.15, -0.1) is 0 Å². The quantitative estimate of drug-likeness (QED) is 0.556. The molecule has 2 atom stereocenters. The van der Waals surface area contributed by atoms with Gasteiger partial charge in [0.15, 0.2) is 0 Å². The van der Waals surface area contributed by atoms with Crippen molar-refractivity contribution in [3.8, 4) is 0 Å². The van der Waals surface area contributed by atoms with Gasteiger partial charge in [0, 0.05) is 6.54 Å². The minimum atomic E-state index is 0.0722. The number of fused-ring (bicyclic) bond motifs is 2. The fourth-order valence-electron chi connectivity index (χ4n) is 1.85. The second-order valence-electron chi connectivity index (χ2n) is 3.05. The molecule has 11 heavy (non-hydrogen) atoms. The van der Waals surface area contributed by atoms with Crippen LogP contribution in [0.1, 0.15) is 6.42 Å². The molecule has 1 heterocycles. The zero-order valence-electron chi connectivity index (χ0n) is 6.23. The van der Waals surface area contributed by atoms with Gasteiger partial charge < -0.3 is 10.0 Å². The van der Waals surface area contributed by atoms with Gasteiger partial charge in [-0.25, -0.2) is 0 Å². The molecule has 3 heteroatoms. The monoisotopic (exact) mass is 153 g/mol. The summed E-state index contributed by atoms with van der Waals surface area (Å²) in [5, 5.41) is 8.65. The summed E-state index contributed by atoms with van der Waals surface area (Å²) in [5.74, 6) is 0.304.